The average Bonchev–Trinajstić information content (AvgIpc) is 2.61. The highest BCUT2D eigenvalue weighted by molar-refractivity contribution is 14.1. The second-order valence-electron chi connectivity index (χ2n) is 5.11. The zero-order valence-corrected chi connectivity index (χ0v) is 15.2. The van der Waals surface area contributed by atoms with Crippen molar-refractivity contribution < 1.29 is 14.3 Å². The number of ether oxygens (including phenoxy) is 2. The topological polar surface area (TPSA) is 47.6 Å². The highest BCUT2D eigenvalue weighted by Crippen LogP contribution is 2.13. The maximum atomic E-state index is 11.9. The number of alkyl halides is 1. The molecule has 0 saturated heterocycles. The van der Waals surface area contributed by atoms with Crippen molar-refractivity contribution in [2.24, 2.45) is 0 Å². The summed E-state index contributed by atoms with van der Waals surface area (Å²) < 4.78 is 11.2. The van der Waals surface area contributed by atoms with Gasteiger partial charge < -0.3 is 14.8 Å². The quantitative estimate of drug-likeness (QED) is 0.540. The van der Waals surface area contributed by atoms with E-state index in [1.165, 1.54) is 0 Å². The van der Waals surface area contributed by atoms with E-state index in [0.717, 1.165) is 27.7 Å². The number of carbonyl (C=O) groups is 1. The van der Waals surface area contributed by atoms with Crippen molar-refractivity contribution in [3.63, 3.8) is 0 Å². The van der Waals surface area contributed by atoms with E-state index in [4.69, 9.17) is 9.47 Å². The first-order valence-electron chi connectivity index (χ1n) is 7.37. The molecule has 0 bridgehead atoms. The van der Waals surface area contributed by atoms with Gasteiger partial charge in [-0.3, -0.25) is 0 Å². The van der Waals surface area contributed by atoms with Crippen molar-refractivity contribution in [2.75, 3.05) is 11.5 Å². The maximum absolute atomic E-state index is 11.9. The smallest absolute Gasteiger partial charge is 0.407 e. The van der Waals surface area contributed by atoms with Gasteiger partial charge in [0.05, 0.1) is 7.11 Å². The van der Waals surface area contributed by atoms with Crippen LogP contribution >= 0.6 is 22.6 Å². The molecule has 1 amide bonds. The van der Waals surface area contributed by atoms with Crippen LogP contribution in [-0.4, -0.2) is 23.7 Å². The van der Waals surface area contributed by atoms with Gasteiger partial charge in [-0.25, -0.2) is 4.79 Å². The Morgan fingerprint density at radius 2 is 1.78 bits per heavy atom. The van der Waals surface area contributed by atoms with Gasteiger partial charge in [-0.2, -0.15) is 0 Å². The van der Waals surface area contributed by atoms with Crippen LogP contribution < -0.4 is 10.1 Å². The Labute approximate surface area is 150 Å². The summed E-state index contributed by atoms with van der Waals surface area (Å²) in [5.41, 5.74) is 2.12. The maximum Gasteiger partial charge on any atom is 0.407 e. The van der Waals surface area contributed by atoms with Crippen molar-refractivity contribution in [1.82, 2.24) is 5.32 Å². The van der Waals surface area contributed by atoms with Crippen molar-refractivity contribution in [1.29, 1.82) is 0 Å². The zero-order chi connectivity index (χ0) is 16.5. The number of alkyl carbamates (subject to hydrolysis) is 1. The monoisotopic (exact) mass is 425 g/mol. The third-order valence-electron chi connectivity index (χ3n) is 3.36. The highest BCUT2D eigenvalue weighted by Gasteiger charge is 2.13. The van der Waals surface area contributed by atoms with Gasteiger partial charge in [-0.05, 0) is 29.7 Å². The molecule has 23 heavy (non-hydrogen) atoms. The van der Waals surface area contributed by atoms with Gasteiger partial charge in [-0.1, -0.05) is 65.1 Å². The number of rotatable bonds is 7. The molecule has 5 heteroatoms. The summed E-state index contributed by atoms with van der Waals surface area (Å²) in [6, 6.07) is 17.5. The lowest BCUT2D eigenvalue weighted by Gasteiger charge is -2.16. The van der Waals surface area contributed by atoms with Gasteiger partial charge in [0, 0.05) is 10.5 Å². The van der Waals surface area contributed by atoms with E-state index in [0.29, 0.717) is 0 Å². The molecule has 122 valence electrons. The predicted molar refractivity (Wildman–Crippen MR) is 99.1 cm³/mol. The molecule has 0 aliphatic rings. The number of hydrogen-bond acceptors (Lipinski definition) is 3. The first kappa shape index (κ1) is 17.6. The Kier molecular flexibility index (Phi) is 7.19. The molecule has 0 aliphatic carbocycles. The number of hydrogen-bond donors (Lipinski definition) is 1. The van der Waals surface area contributed by atoms with Gasteiger partial charge in [-0.15, -0.1) is 0 Å². The molecule has 1 atom stereocenters. The normalized spacial score (nSPS) is 11.6. The van der Waals surface area contributed by atoms with Gasteiger partial charge >= 0.3 is 6.09 Å². The molecule has 4 nitrogen and oxygen atoms in total. The van der Waals surface area contributed by atoms with Crippen LogP contribution in [0.25, 0.3) is 0 Å². The van der Waals surface area contributed by atoms with Crippen LogP contribution in [0.15, 0.2) is 54.6 Å². The Morgan fingerprint density at radius 3 is 2.39 bits per heavy atom. The van der Waals surface area contributed by atoms with Crippen LogP contribution in [0.1, 0.15) is 11.1 Å². The Bertz CT molecular complexity index is 601. The highest BCUT2D eigenvalue weighted by atomic mass is 127. The molecule has 0 unspecified atom stereocenters. The Balaban J connectivity index is 1.82. The summed E-state index contributed by atoms with van der Waals surface area (Å²) >= 11 is 2.27. The lowest BCUT2D eigenvalue weighted by Crippen LogP contribution is -2.37. The van der Waals surface area contributed by atoms with E-state index < -0.39 is 0 Å². The molecule has 2 aromatic rings. The number of methoxy groups -OCH3 is 1. The molecule has 2 aromatic carbocycles. The molecule has 0 aliphatic heterocycles. The summed E-state index contributed by atoms with van der Waals surface area (Å²) in [6.07, 6.45) is 0.372. The van der Waals surface area contributed by atoms with E-state index in [2.05, 4.69) is 27.9 Å². The van der Waals surface area contributed by atoms with E-state index in [1.54, 1.807) is 7.11 Å². The molecular formula is C18H20INO3. The summed E-state index contributed by atoms with van der Waals surface area (Å²) in [4.78, 5) is 11.9. The molecule has 1 N–H and O–H groups in total. The van der Waals surface area contributed by atoms with Crippen LogP contribution in [0.4, 0.5) is 4.79 Å². The first-order chi connectivity index (χ1) is 11.2. The molecule has 0 saturated carbocycles. The molecule has 0 aromatic heterocycles. The van der Waals surface area contributed by atoms with Crippen molar-refractivity contribution in [3.05, 3.63) is 65.7 Å². The van der Waals surface area contributed by atoms with E-state index >= 15 is 0 Å². The minimum Gasteiger partial charge on any atom is -0.497 e. The lowest BCUT2D eigenvalue weighted by atomic mass is 10.1. The van der Waals surface area contributed by atoms with Crippen LogP contribution in [0, 0.1) is 0 Å². The summed E-state index contributed by atoms with van der Waals surface area (Å²) in [5, 5.41) is 2.91. The van der Waals surface area contributed by atoms with Crippen molar-refractivity contribution >= 4 is 28.7 Å². The predicted octanol–water partition coefficient (Wildman–Crippen LogP) is 3.97. The van der Waals surface area contributed by atoms with Crippen molar-refractivity contribution in [2.45, 2.75) is 19.1 Å². The number of halogens is 1. The largest absolute Gasteiger partial charge is 0.497 e. The molecule has 0 spiro atoms. The molecule has 0 fully saturated rings. The number of nitrogens with one attached hydrogen (secondary N) is 1. The average molecular weight is 425 g/mol. The standard InChI is InChI=1S/C18H20INO3/c1-22-17-9-7-14(8-10-17)11-16(12-19)20-18(21)23-13-15-5-3-2-4-6-15/h2-10,16H,11-13H2,1H3,(H,20,21)/t16-/m0/s1. The fourth-order valence-corrected chi connectivity index (χ4v) is 2.65. The number of carbonyl (C=O) groups excluding carboxylic acids is 1. The van der Waals surface area contributed by atoms with Crippen molar-refractivity contribution in [3.8, 4) is 5.75 Å². The zero-order valence-electron chi connectivity index (χ0n) is 13.0. The molecule has 2 rings (SSSR count). The second-order valence-corrected chi connectivity index (χ2v) is 5.99. The van der Waals surface area contributed by atoms with Crippen LogP contribution in [0.3, 0.4) is 0 Å². The fraction of sp³-hybridized carbons (Fsp3) is 0.278. The van der Waals surface area contributed by atoms with Crippen LogP contribution in [-0.2, 0) is 17.8 Å². The lowest BCUT2D eigenvalue weighted by molar-refractivity contribution is 0.136. The summed E-state index contributed by atoms with van der Waals surface area (Å²) in [7, 11) is 1.65. The van der Waals surface area contributed by atoms with Crippen LogP contribution in [0.2, 0.25) is 0 Å². The van der Waals surface area contributed by atoms with Gasteiger partial charge in [0.2, 0.25) is 0 Å². The van der Waals surface area contributed by atoms with E-state index in [9.17, 15) is 4.79 Å². The van der Waals surface area contributed by atoms with Gasteiger partial charge in [0.15, 0.2) is 0 Å². The fourth-order valence-electron chi connectivity index (χ4n) is 2.12. The summed E-state index contributed by atoms with van der Waals surface area (Å²) in [6.45, 7) is 0.281. The number of amides is 1. The minimum absolute atomic E-state index is 0.0345. The Morgan fingerprint density at radius 1 is 1.09 bits per heavy atom. The minimum atomic E-state index is -0.385. The first-order valence-corrected chi connectivity index (χ1v) is 8.90. The Hall–Kier alpha value is -1.76. The SMILES string of the molecule is COc1ccc(C[C@@H](CI)NC(=O)OCc2ccccc2)cc1. The second kappa shape index (κ2) is 9.39. The van der Waals surface area contributed by atoms with E-state index in [1.807, 2.05) is 54.6 Å². The van der Waals surface area contributed by atoms with Gasteiger partial charge in [0.25, 0.3) is 0 Å². The number of benzene rings is 2. The molecule has 0 radical (unpaired) electrons. The van der Waals surface area contributed by atoms with Crippen LogP contribution in [0.5, 0.6) is 5.75 Å². The third kappa shape index (κ3) is 6.09. The summed E-state index contributed by atoms with van der Waals surface area (Å²) in [5.74, 6) is 0.829. The molecule has 0 heterocycles. The molecular weight excluding hydrogens is 405 g/mol. The third-order valence-corrected chi connectivity index (χ3v) is 4.43. The van der Waals surface area contributed by atoms with E-state index in [-0.39, 0.29) is 18.7 Å². The van der Waals surface area contributed by atoms with Gasteiger partial charge in [0.1, 0.15) is 12.4 Å².